The molecule has 0 aromatic rings. The van der Waals surface area contributed by atoms with Crippen molar-refractivity contribution in [2.24, 2.45) is 0 Å². The zero-order valence-corrected chi connectivity index (χ0v) is 13.1. The summed E-state index contributed by atoms with van der Waals surface area (Å²) in [4.78, 5) is 8.89. The molecule has 0 N–H and O–H groups in total. The normalized spacial score (nSPS) is 10.7. The van der Waals surface area contributed by atoms with Crippen LogP contribution in [-0.4, -0.2) is 38.1 Å². The van der Waals surface area contributed by atoms with E-state index in [-0.39, 0.29) is 0 Å². The van der Waals surface area contributed by atoms with Crippen molar-refractivity contribution in [2.75, 3.05) is 27.7 Å². The summed E-state index contributed by atoms with van der Waals surface area (Å²) in [6.07, 6.45) is 11.4. The van der Waals surface area contributed by atoms with Crippen LogP contribution in [0, 0.1) is 0 Å². The number of carboxylic acids is 1. The van der Waals surface area contributed by atoms with Crippen molar-refractivity contribution in [3.63, 3.8) is 0 Å². The van der Waals surface area contributed by atoms with Gasteiger partial charge in [-0.05, 0) is 19.8 Å². The molecule has 0 amide bonds. The van der Waals surface area contributed by atoms with Gasteiger partial charge in [-0.2, -0.15) is 0 Å². The van der Waals surface area contributed by atoms with E-state index in [4.69, 9.17) is 9.90 Å². The van der Waals surface area contributed by atoms with E-state index in [1.54, 1.807) is 0 Å². The van der Waals surface area contributed by atoms with Crippen molar-refractivity contribution in [2.45, 2.75) is 65.2 Å². The first kappa shape index (κ1) is 19.8. The fourth-order valence-electron chi connectivity index (χ4n) is 1.72. The average Bonchev–Trinajstić information content (AvgIpc) is 2.19. The number of carboxylic acid groups (broad SMARTS) is 1. The van der Waals surface area contributed by atoms with Gasteiger partial charge in [0.05, 0.1) is 27.7 Å². The van der Waals surface area contributed by atoms with Crippen LogP contribution in [0.25, 0.3) is 0 Å². The maximum atomic E-state index is 8.89. The van der Waals surface area contributed by atoms with Crippen LogP contribution in [0.4, 0.5) is 0 Å². The highest BCUT2D eigenvalue weighted by molar-refractivity contribution is 5.60. The molecule has 0 aliphatic carbocycles. The first-order chi connectivity index (χ1) is 8.29. The summed E-state index contributed by atoms with van der Waals surface area (Å²) in [5.41, 5.74) is 0. The van der Waals surface area contributed by atoms with E-state index in [9.17, 15) is 0 Å². The maximum absolute atomic E-state index is 8.89. The minimum atomic E-state index is -1.08. The Hall–Kier alpha value is -0.570. The minimum absolute atomic E-state index is 0.972. The molecular formula is C15H33NO2. The molecule has 0 aromatic heterocycles. The molecule has 0 spiro atoms. The lowest BCUT2D eigenvalue weighted by Crippen LogP contribution is -2.35. The number of aliphatic carboxylic acids is 1. The Morgan fingerprint density at radius 1 is 0.889 bits per heavy atom. The minimum Gasteiger partial charge on any atom is -0.550 e. The standard InChI is InChI=1S/C13H30N.C2H4O2/c1-5-6-7-8-9-10-11-12-13-14(2,3)4;1-2(3)4/h5-13H2,1-4H3;1H3,(H,3,4)/q+1;/p-1. The van der Waals surface area contributed by atoms with E-state index in [0.29, 0.717) is 0 Å². The number of nitrogens with zero attached hydrogens (tertiary/aromatic N) is 1. The van der Waals surface area contributed by atoms with E-state index in [1.165, 1.54) is 57.9 Å². The Morgan fingerprint density at radius 2 is 1.22 bits per heavy atom. The van der Waals surface area contributed by atoms with Gasteiger partial charge < -0.3 is 14.4 Å². The Kier molecular flexibility index (Phi) is 14.1. The van der Waals surface area contributed by atoms with Gasteiger partial charge in [-0.15, -0.1) is 0 Å². The monoisotopic (exact) mass is 259 g/mol. The topological polar surface area (TPSA) is 40.1 Å². The van der Waals surface area contributed by atoms with E-state index in [0.717, 1.165) is 11.4 Å². The molecule has 0 atom stereocenters. The highest BCUT2D eigenvalue weighted by Gasteiger charge is 2.04. The van der Waals surface area contributed by atoms with Crippen molar-refractivity contribution >= 4 is 5.97 Å². The van der Waals surface area contributed by atoms with Gasteiger partial charge in [-0.3, -0.25) is 0 Å². The number of carbonyl (C=O) groups excluding carboxylic acids is 1. The van der Waals surface area contributed by atoms with E-state index in [2.05, 4.69) is 28.1 Å². The smallest absolute Gasteiger partial charge is 0.0780 e. The van der Waals surface area contributed by atoms with Crippen LogP contribution < -0.4 is 5.11 Å². The van der Waals surface area contributed by atoms with Gasteiger partial charge in [-0.1, -0.05) is 45.4 Å². The second-order valence-corrected chi connectivity index (χ2v) is 5.98. The van der Waals surface area contributed by atoms with Crippen molar-refractivity contribution in [3.8, 4) is 0 Å². The molecule has 0 saturated carbocycles. The summed E-state index contributed by atoms with van der Waals surface area (Å²) in [5.74, 6) is -1.08. The summed E-state index contributed by atoms with van der Waals surface area (Å²) in [7, 11) is 6.84. The maximum Gasteiger partial charge on any atom is 0.0780 e. The molecule has 3 nitrogen and oxygen atoms in total. The van der Waals surface area contributed by atoms with Crippen LogP contribution in [0.15, 0.2) is 0 Å². The first-order valence-electron chi connectivity index (χ1n) is 7.27. The van der Waals surface area contributed by atoms with Crippen molar-refractivity contribution < 1.29 is 14.4 Å². The van der Waals surface area contributed by atoms with Crippen LogP contribution >= 0.6 is 0 Å². The lowest BCUT2D eigenvalue weighted by Gasteiger charge is -2.23. The third-order valence-electron chi connectivity index (χ3n) is 2.68. The molecular weight excluding hydrogens is 226 g/mol. The molecule has 0 aliphatic heterocycles. The summed E-state index contributed by atoms with van der Waals surface area (Å²) in [6.45, 7) is 4.58. The van der Waals surface area contributed by atoms with Crippen LogP contribution in [0.5, 0.6) is 0 Å². The molecule has 0 bridgehead atoms. The Morgan fingerprint density at radius 3 is 1.56 bits per heavy atom. The fraction of sp³-hybridized carbons (Fsp3) is 0.933. The summed E-state index contributed by atoms with van der Waals surface area (Å²) < 4.78 is 1.12. The zero-order chi connectivity index (χ0) is 14.4. The second-order valence-electron chi connectivity index (χ2n) is 5.98. The predicted molar refractivity (Wildman–Crippen MR) is 76.2 cm³/mol. The van der Waals surface area contributed by atoms with E-state index >= 15 is 0 Å². The number of hydrogen-bond acceptors (Lipinski definition) is 2. The third-order valence-corrected chi connectivity index (χ3v) is 2.68. The molecule has 110 valence electrons. The SMILES string of the molecule is CC(=O)[O-].CCCCCCCCCC[N+](C)(C)C. The molecule has 0 heterocycles. The molecule has 18 heavy (non-hydrogen) atoms. The van der Waals surface area contributed by atoms with Gasteiger partial charge in [0.1, 0.15) is 0 Å². The summed E-state index contributed by atoms with van der Waals surface area (Å²) in [6, 6.07) is 0. The van der Waals surface area contributed by atoms with Crippen LogP contribution in [0.1, 0.15) is 65.2 Å². The number of unbranched alkanes of at least 4 members (excludes halogenated alkanes) is 7. The van der Waals surface area contributed by atoms with Gasteiger partial charge in [0.15, 0.2) is 0 Å². The molecule has 0 rings (SSSR count). The van der Waals surface area contributed by atoms with Gasteiger partial charge >= 0.3 is 0 Å². The predicted octanol–water partition coefficient (Wildman–Crippen LogP) is 2.59. The lowest BCUT2D eigenvalue weighted by molar-refractivity contribution is -0.870. The third kappa shape index (κ3) is 29.5. The number of quaternary nitrogens is 1. The molecule has 3 heteroatoms. The highest BCUT2D eigenvalue weighted by atomic mass is 16.4. The lowest BCUT2D eigenvalue weighted by atomic mass is 10.1. The molecule has 0 aromatic carbocycles. The van der Waals surface area contributed by atoms with Crippen LogP contribution in [-0.2, 0) is 4.79 Å². The van der Waals surface area contributed by atoms with Crippen LogP contribution in [0.2, 0.25) is 0 Å². The summed E-state index contributed by atoms with van der Waals surface area (Å²) >= 11 is 0. The van der Waals surface area contributed by atoms with Crippen LogP contribution in [0.3, 0.4) is 0 Å². The Labute approximate surface area is 114 Å². The van der Waals surface area contributed by atoms with Gasteiger partial charge in [0.25, 0.3) is 0 Å². The van der Waals surface area contributed by atoms with Crippen molar-refractivity contribution in [3.05, 3.63) is 0 Å². The average molecular weight is 259 g/mol. The van der Waals surface area contributed by atoms with E-state index in [1.807, 2.05) is 0 Å². The summed E-state index contributed by atoms with van der Waals surface area (Å²) in [5, 5.41) is 8.89. The largest absolute Gasteiger partial charge is 0.550 e. The fourth-order valence-corrected chi connectivity index (χ4v) is 1.72. The number of carbonyl (C=O) groups is 1. The molecule has 0 radical (unpaired) electrons. The molecule has 0 aliphatic rings. The molecule has 0 unspecified atom stereocenters. The Balaban J connectivity index is 0. The van der Waals surface area contributed by atoms with Gasteiger partial charge in [0.2, 0.25) is 0 Å². The Bertz CT molecular complexity index is 181. The number of rotatable bonds is 9. The van der Waals surface area contributed by atoms with Crippen molar-refractivity contribution in [1.29, 1.82) is 0 Å². The second kappa shape index (κ2) is 12.9. The number of hydrogen-bond donors (Lipinski definition) is 0. The molecule has 0 saturated heterocycles. The van der Waals surface area contributed by atoms with Gasteiger partial charge in [0, 0.05) is 5.97 Å². The van der Waals surface area contributed by atoms with Crippen molar-refractivity contribution in [1.82, 2.24) is 0 Å². The zero-order valence-electron chi connectivity index (χ0n) is 13.1. The van der Waals surface area contributed by atoms with Gasteiger partial charge in [-0.25, -0.2) is 0 Å². The quantitative estimate of drug-likeness (QED) is 0.472. The van der Waals surface area contributed by atoms with E-state index < -0.39 is 5.97 Å². The molecule has 0 fully saturated rings. The highest BCUT2D eigenvalue weighted by Crippen LogP contribution is 2.09. The first-order valence-corrected chi connectivity index (χ1v) is 7.27.